The number of aliphatic hydroxyl groups is 1. The van der Waals surface area contributed by atoms with Gasteiger partial charge in [0.25, 0.3) is 0 Å². The van der Waals surface area contributed by atoms with Crippen molar-refractivity contribution in [3.05, 3.63) is 24.3 Å². The number of hydrogen-bond donors (Lipinski definition) is 2. The van der Waals surface area contributed by atoms with E-state index in [1.54, 1.807) is 25.1 Å². The molecule has 0 saturated carbocycles. The molecule has 3 N–H and O–H groups in total. The van der Waals surface area contributed by atoms with E-state index in [0.29, 0.717) is 19.5 Å². The Bertz CT molecular complexity index is 528. The quantitative estimate of drug-likeness (QED) is 0.790. The Kier molecular flexibility index (Phi) is 3.61. The minimum atomic E-state index is -3.54. The molecule has 2 rings (SSSR count). The predicted octanol–water partition coefficient (Wildman–Crippen LogP) is 0.660. The lowest BCUT2D eigenvalue weighted by molar-refractivity contribution is 0.133. The van der Waals surface area contributed by atoms with Crippen LogP contribution in [0.4, 0.5) is 5.69 Å². The zero-order valence-corrected chi connectivity index (χ0v) is 11.1. The summed E-state index contributed by atoms with van der Waals surface area (Å²) in [4.78, 5) is 0.149. The van der Waals surface area contributed by atoms with E-state index < -0.39 is 16.1 Å². The normalized spacial score (nSPS) is 23.1. The molecular weight excluding hydrogens is 252 g/mol. The van der Waals surface area contributed by atoms with Gasteiger partial charge >= 0.3 is 0 Å². The Morgan fingerprint density at radius 3 is 2.67 bits per heavy atom. The summed E-state index contributed by atoms with van der Waals surface area (Å²) < 4.78 is 26.2. The summed E-state index contributed by atoms with van der Waals surface area (Å²) in [5.41, 5.74) is 5.98. The van der Waals surface area contributed by atoms with Crippen LogP contribution < -0.4 is 5.73 Å². The number of aliphatic hydroxyl groups excluding tert-OH is 1. The molecule has 2 atom stereocenters. The van der Waals surface area contributed by atoms with E-state index in [0.717, 1.165) is 0 Å². The van der Waals surface area contributed by atoms with Gasteiger partial charge < -0.3 is 10.8 Å². The number of hydrogen-bond acceptors (Lipinski definition) is 4. The van der Waals surface area contributed by atoms with E-state index >= 15 is 0 Å². The van der Waals surface area contributed by atoms with Gasteiger partial charge in [0.05, 0.1) is 11.8 Å². The van der Waals surface area contributed by atoms with Gasteiger partial charge in [0.2, 0.25) is 10.0 Å². The number of para-hydroxylation sites is 1. The highest BCUT2D eigenvalue weighted by Gasteiger charge is 2.35. The number of nitrogen functional groups attached to an aromatic ring is 1. The van der Waals surface area contributed by atoms with Crippen LogP contribution in [-0.4, -0.2) is 37.0 Å². The summed E-state index contributed by atoms with van der Waals surface area (Å²) >= 11 is 0. The van der Waals surface area contributed by atoms with Crippen molar-refractivity contribution in [3.8, 4) is 0 Å². The van der Waals surface area contributed by atoms with Crippen molar-refractivity contribution in [1.29, 1.82) is 0 Å². The molecule has 1 saturated heterocycles. The summed E-state index contributed by atoms with van der Waals surface area (Å²) in [7, 11) is -3.54. The molecule has 0 aromatic heterocycles. The molecule has 6 heteroatoms. The predicted molar refractivity (Wildman–Crippen MR) is 69.4 cm³/mol. The molecule has 1 fully saturated rings. The number of sulfonamides is 1. The molecule has 0 aliphatic carbocycles. The molecule has 1 aromatic carbocycles. The fourth-order valence-corrected chi connectivity index (χ4v) is 3.85. The second kappa shape index (κ2) is 4.87. The molecule has 18 heavy (non-hydrogen) atoms. The monoisotopic (exact) mass is 270 g/mol. The Balaban J connectivity index is 2.26. The second-order valence-electron chi connectivity index (χ2n) is 4.69. The maximum Gasteiger partial charge on any atom is 0.245 e. The highest BCUT2D eigenvalue weighted by atomic mass is 32.2. The number of rotatable bonds is 3. The zero-order valence-electron chi connectivity index (χ0n) is 10.3. The van der Waals surface area contributed by atoms with Crippen molar-refractivity contribution in [2.45, 2.75) is 24.3 Å². The molecule has 100 valence electrons. The van der Waals surface area contributed by atoms with Gasteiger partial charge in [-0.05, 0) is 31.4 Å². The van der Waals surface area contributed by atoms with Gasteiger partial charge in [0.1, 0.15) is 4.90 Å². The second-order valence-corrected chi connectivity index (χ2v) is 6.60. The van der Waals surface area contributed by atoms with E-state index in [1.807, 2.05) is 0 Å². The van der Waals surface area contributed by atoms with Crippen molar-refractivity contribution >= 4 is 15.7 Å². The molecule has 1 aliphatic rings. The number of benzene rings is 1. The van der Waals surface area contributed by atoms with Crippen LogP contribution in [0.5, 0.6) is 0 Å². The lowest BCUT2D eigenvalue weighted by Crippen LogP contribution is -2.31. The fourth-order valence-electron chi connectivity index (χ4n) is 2.22. The third kappa shape index (κ3) is 2.36. The fraction of sp³-hybridized carbons (Fsp3) is 0.500. The van der Waals surface area contributed by atoms with Crippen molar-refractivity contribution in [2.75, 3.05) is 18.8 Å². The lowest BCUT2D eigenvalue weighted by Gasteiger charge is -2.18. The average molecular weight is 270 g/mol. The van der Waals surface area contributed by atoms with Crippen LogP contribution in [0, 0.1) is 5.92 Å². The van der Waals surface area contributed by atoms with Crippen LogP contribution in [0.3, 0.4) is 0 Å². The summed E-state index contributed by atoms with van der Waals surface area (Å²) in [6.45, 7) is 2.48. The molecule has 2 unspecified atom stereocenters. The lowest BCUT2D eigenvalue weighted by atomic mass is 10.0. The number of nitrogens with zero attached hydrogens (tertiary/aromatic N) is 1. The third-order valence-electron chi connectivity index (χ3n) is 3.41. The molecule has 0 radical (unpaired) electrons. The van der Waals surface area contributed by atoms with Crippen molar-refractivity contribution in [3.63, 3.8) is 0 Å². The van der Waals surface area contributed by atoms with Crippen LogP contribution in [0.25, 0.3) is 0 Å². The summed E-state index contributed by atoms with van der Waals surface area (Å²) in [6, 6.07) is 6.46. The first-order valence-electron chi connectivity index (χ1n) is 5.95. The first-order chi connectivity index (χ1) is 8.43. The van der Waals surface area contributed by atoms with Gasteiger partial charge in [0, 0.05) is 13.1 Å². The molecular formula is C12H18N2O3S. The molecule has 0 bridgehead atoms. The van der Waals surface area contributed by atoms with Crippen LogP contribution in [0.2, 0.25) is 0 Å². The molecule has 5 nitrogen and oxygen atoms in total. The van der Waals surface area contributed by atoms with Crippen LogP contribution >= 0.6 is 0 Å². The molecule has 1 aliphatic heterocycles. The molecule has 0 spiro atoms. The van der Waals surface area contributed by atoms with Gasteiger partial charge in [-0.25, -0.2) is 8.42 Å². The first-order valence-corrected chi connectivity index (χ1v) is 7.39. The van der Waals surface area contributed by atoms with Crippen LogP contribution in [0.1, 0.15) is 13.3 Å². The Morgan fingerprint density at radius 1 is 1.44 bits per heavy atom. The van der Waals surface area contributed by atoms with E-state index in [4.69, 9.17) is 5.73 Å². The van der Waals surface area contributed by atoms with E-state index in [2.05, 4.69) is 0 Å². The molecule has 1 aromatic rings. The zero-order chi connectivity index (χ0) is 13.3. The molecule has 1 heterocycles. The smallest absolute Gasteiger partial charge is 0.245 e. The van der Waals surface area contributed by atoms with Crippen molar-refractivity contribution < 1.29 is 13.5 Å². The average Bonchev–Trinajstić information content (AvgIpc) is 2.79. The standard InChI is InChI=1S/C12H18N2O3S/c1-9(15)10-6-7-14(8-10)18(16,17)12-5-3-2-4-11(12)13/h2-5,9-10,15H,6-8,13H2,1H3. The van der Waals surface area contributed by atoms with E-state index in [1.165, 1.54) is 10.4 Å². The Hall–Kier alpha value is -1.11. The highest BCUT2D eigenvalue weighted by Crippen LogP contribution is 2.28. The maximum atomic E-state index is 12.4. The maximum absolute atomic E-state index is 12.4. The number of anilines is 1. The van der Waals surface area contributed by atoms with Gasteiger partial charge in [-0.2, -0.15) is 4.31 Å². The van der Waals surface area contributed by atoms with Gasteiger partial charge in [-0.1, -0.05) is 12.1 Å². The summed E-state index contributed by atoms with van der Waals surface area (Å²) in [6.07, 6.45) is 0.196. The van der Waals surface area contributed by atoms with Gasteiger partial charge in [-0.15, -0.1) is 0 Å². The first kappa shape index (κ1) is 13.3. The minimum absolute atomic E-state index is 0.00436. The largest absolute Gasteiger partial charge is 0.398 e. The number of nitrogens with two attached hydrogens (primary N) is 1. The SMILES string of the molecule is CC(O)C1CCN(S(=O)(=O)c2ccccc2N)C1. The summed E-state index contributed by atoms with van der Waals surface area (Å²) in [5.74, 6) is 0.00436. The third-order valence-corrected chi connectivity index (χ3v) is 5.35. The summed E-state index contributed by atoms with van der Waals surface area (Å²) in [5, 5.41) is 9.51. The van der Waals surface area contributed by atoms with Gasteiger partial charge in [0.15, 0.2) is 0 Å². The highest BCUT2D eigenvalue weighted by molar-refractivity contribution is 7.89. The van der Waals surface area contributed by atoms with Crippen LogP contribution in [0.15, 0.2) is 29.2 Å². The minimum Gasteiger partial charge on any atom is -0.398 e. The Morgan fingerprint density at radius 2 is 2.11 bits per heavy atom. The van der Waals surface area contributed by atoms with Crippen LogP contribution in [-0.2, 0) is 10.0 Å². The van der Waals surface area contributed by atoms with E-state index in [9.17, 15) is 13.5 Å². The Labute approximate surface area is 107 Å². The van der Waals surface area contributed by atoms with Crippen molar-refractivity contribution in [1.82, 2.24) is 4.31 Å². The topological polar surface area (TPSA) is 83.6 Å². The van der Waals surface area contributed by atoms with E-state index in [-0.39, 0.29) is 16.5 Å². The molecule has 0 amide bonds. The van der Waals surface area contributed by atoms with Crippen molar-refractivity contribution in [2.24, 2.45) is 5.92 Å². The van der Waals surface area contributed by atoms with Gasteiger partial charge in [-0.3, -0.25) is 0 Å².